The Bertz CT molecular complexity index is 787. The molecule has 0 saturated heterocycles. The number of benzene rings is 2. The molecule has 1 heterocycles. The summed E-state index contributed by atoms with van der Waals surface area (Å²) in [6, 6.07) is 16.1. The molecule has 26 heavy (non-hydrogen) atoms. The maximum absolute atomic E-state index is 13.3. The van der Waals surface area contributed by atoms with E-state index in [4.69, 9.17) is 4.74 Å². The van der Waals surface area contributed by atoms with Gasteiger partial charge in [-0.1, -0.05) is 61.7 Å². The third-order valence-corrected chi connectivity index (χ3v) is 5.42. The van der Waals surface area contributed by atoms with Gasteiger partial charge in [-0.05, 0) is 30.5 Å². The van der Waals surface area contributed by atoms with Crippen LogP contribution < -0.4 is 4.74 Å². The van der Waals surface area contributed by atoms with E-state index in [2.05, 4.69) is 5.29 Å². The summed E-state index contributed by atoms with van der Waals surface area (Å²) in [6.45, 7) is 0. The second-order valence-electron chi connectivity index (χ2n) is 7.01. The van der Waals surface area contributed by atoms with Gasteiger partial charge in [-0.25, -0.2) is 5.01 Å². The lowest BCUT2D eigenvalue weighted by molar-refractivity contribution is 0.0166. The highest BCUT2D eigenvalue weighted by Gasteiger charge is 2.44. The van der Waals surface area contributed by atoms with Gasteiger partial charge in [0.1, 0.15) is 5.75 Å². The molecule has 1 aliphatic carbocycles. The molecule has 2 aliphatic rings. The maximum Gasteiger partial charge on any atom is 0.194 e. The van der Waals surface area contributed by atoms with Crippen molar-refractivity contribution in [1.29, 1.82) is 0 Å². The SMILES string of the molecule is O=NN(C1CCCCC1)C1C(=O)c2ccccc2OC1c1ccccc1. The number of carbonyl (C=O) groups excluding carboxylic acids is 1. The van der Waals surface area contributed by atoms with E-state index in [1.807, 2.05) is 42.5 Å². The fourth-order valence-corrected chi connectivity index (χ4v) is 4.11. The number of para-hydroxylation sites is 1. The molecule has 5 nitrogen and oxygen atoms in total. The van der Waals surface area contributed by atoms with Crippen LogP contribution in [0.2, 0.25) is 0 Å². The fraction of sp³-hybridized carbons (Fsp3) is 0.381. The minimum Gasteiger partial charge on any atom is -0.482 e. The molecule has 4 rings (SSSR count). The smallest absolute Gasteiger partial charge is 0.194 e. The van der Waals surface area contributed by atoms with Crippen LogP contribution in [-0.4, -0.2) is 22.9 Å². The molecule has 1 saturated carbocycles. The predicted molar refractivity (Wildman–Crippen MR) is 98.9 cm³/mol. The van der Waals surface area contributed by atoms with Crippen LogP contribution in [0.4, 0.5) is 0 Å². The number of ether oxygens (including phenoxy) is 1. The Morgan fingerprint density at radius 1 is 0.923 bits per heavy atom. The highest BCUT2D eigenvalue weighted by Crippen LogP contribution is 2.39. The molecule has 2 unspecified atom stereocenters. The highest BCUT2D eigenvalue weighted by molar-refractivity contribution is 6.03. The number of hydrogen-bond acceptors (Lipinski definition) is 4. The van der Waals surface area contributed by atoms with Gasteiger partial charge in [0.15, 0.2) is 17.9 Å². The van der Waals surface area contributed by atoms with Crippen molar-refractivity contribution in [2.45, 2.75) is 50.3 Å². The van der Waals surface area contributed by atoms with Gasteiger partial charge in [-0.3, -0.25) is 4.79 Å². The number of fused-ring (bicyclic) bond motifs is 1. The number of ketones is 1. The molecule has 0 radical (unpaired) electrons. The van der Waals surface area contributed by atoms with Crippen molar-refractivity contribution >= 4 is 5.78 Å². The second-order valence-corrected chi connectivity index (χ2v) is 7.01. The topological polar surface area (TPSA) is 59.0 Å². The first kappa shape index (κ1) is 16.8. The first-order valence-corrected chi connectivity index (χ1v) is 9.26. The lowest BCUT2D eigenvalue weighted by atomic mass is 9.88. The average molecular weight is 350 g/mol. The van der Waals surface area contributed by atoms with E-state index in [0.29, 0.717) is 11.3 Å². The highest BCUT2D eigenvalue weighted by atomic mass is 16.5. The van der Waals surface area contributed by atoms with Crippen LogP contribution >= 0.6 is 0 Å². The molecule has 2 atom stereocenters. The summed E-state index contributed by atoms with van der Waals surface area (Å²) in [6.07, 6.45) is 4.52. The van der Waals surface area contributed by atoms with Crippen molar-refractivity contribution in [3.63, 3.8) is 0 Å². The molecule has 0 aromatic heterocycles. The molecule has 2 aromatic carbocycles. The molecule has 0 amide bonds. The van der Waals surface area contributed by atoms with Gasteiger partial charge in [0.25, 0.3) is 0 Å². The third-order valence-electron chi connectivity index (χ3n) is 5.42. The van der Waals surface area contributed by atoms with Crippen molar-refractivity contribution in [3.8, 4) is 5.75 Å². The summed E-state index contributed by atoms with van der Waals surface area (Å²) in [5.41, 5.74) is 1.40. The molecule has 1 fully saturated rings. The zero-order chi connectivity index (χ0) is 17.9. The molecule has 134 valence electrons. The Morgan fingerprint density at radius 3 is 2.35 bits per heavy atom. The van der Waals surface area contributed by atoms with Crippen molar-refractivity contribution in [2.24, 2.45) is 5.29 Å². The first-order valence-electron chi connectivity index (χ1n) is 9.26. The standard InChI is InChI=1S/C21H22N2O3/c24-20-17-13-7-8-14-18(17)26-21(15-9-3-1-4-10-15)19(20)23(22-25)16-11-5-2-6-12-16/h1,3-4,7-10,13-14,16,19,21H,2,5-6,11-12H2. The van der Waals surface area contributed by atoms with E-state index < -0.39 is 12.1 Å². The van der Waals surface area contributed by atoms with Crippen molar-refractivity contribution < 1.29 is 9.53 Å². The van der Waals surface area contributed by atoms with Gasteiger partial charge in [0.05, 0.1) is 16.9 Å². The number of nitrogens with zero attached hydrogens (tertiary/aromatic N) is 2. The maximum atomic E-state index is 13.3. The van der Waals surface area contributed by atoms with Crippen molar-refractivity contribution in [2.75, 3.05) is 0 Å². The Labute approximate surface area is 152 Å². The zero-order valence-corrected chi connectivity index (χ0v) is 14.6. The second kappa shape index (κ2) is 7.28. The van der Waals surface area contributed by atoms with Gasteiger partial charge >= 0.3 is 0 Å². The zero-order valence-electron chi connectivity index (χ0n) is 14.6. The molecule has 2 aromatic rings. The number of carbonyl (C=O) groups is 1. The van der Waals surface area contributed by atoms with Crippen LogP contribution in [0.15, 0.2) is 59.9 Å². The number of hydrogen-bond donors (Lipinski definition) is 0. The molecule has 5 heteroatoms. The van der Waals surface area contributed by atoms with Crippen LogP contribution in [0.25, 0.3) is 0 Å². The van der Waals surface area contributed by atoms with Crippen molar-refractivity contribution in [1.82, 2.24) is 5.01 Å². The van der Waals surface area contributed by atoms with Crippen LogP contribution in [0.5, 0.6) is 5.75 Å². The Balaban J connectivity index is 1.77. The van der Waals surface area contributed by atoms with E-state index in [1.165, 1.54) is 11.4 Å². The van der Waals surface area contributed by atoms with Crippen LogP contribution in [-0.2, 0) is 0 Å². The van der Waals surface area contributed by atoms with Crippen molar-refractivity contribution in [3.05, 3.63) is 70.6 Å². The molecule has 0 N–H and O–H groups in total. The Kier molecular flexibility index (Phi) is 4.69. The van der Waals surface area contributed by atoms with E-state index in [9.17, 15) is 9.70 Å². The summed E-state index contributed by atoms with van der Waals surface area (Å²) in [5.74, 6) is 0.475. The van der Waals surface area contributed by atoms with Crippen LogP contribution in [0.3, 0.4) is 0 Å². The van der Waals surface area contributed by atoms with Gasteiger partial charge in [0, 0.05) is 0 Å². The fourth-order valence-electron chi connectivity index (χ4n) is 4.11. The van der Waals surface area contributed by atoms with E-state index >= 15 is 0 Å². The van der Waals surface area contributed by atoms with E-state index in [-0.39, 0.29) is 11.8 Å². The van der Waals surface area contributed by atoms with Gasteiger partial charge in [-0.2, -0.15) is 0 Å². The van der Waals surface area contributed by atoms with Gasteiger partial charge < -0.3 is 4.74 Å². The largest absolute Gasteiger partial charge is 0.482 e. The Hall–Kier alpha value is -2.69. The lowest BCUT2D eigenvalue weighted by Gasteiger charge is -2.40. The third kappa shape index (κ3) is 2.98. The summed E-state index contributed by atoms with van der Waals surface area (Å²) >= 11 is 0. The quantitative estimate of drug-likeness (QED) is 0.593. The number of rotatable bonds is 4. The first-order chi connectivity index (χ1) is 12.8. The summed E-state index contributed by atoms with van der Waals surface area (Å²) in [4.78, 5) is 25.1. The summed E-state index contributed by atoms with van der Waals surface area (Å²) < 4.78 is 6.21. The molecular formula is C21H22N2O3. The summed E-state index contributed by atoms with van der Waals surface area (Å²) in [7, 11) is 0. The minimum atomic E-state index is -0.729. The van der Waals surface area contributed by atoms with Crippen LogP contribution in [0, 0.1) is 4.91 Å². The minimum absolute atomic E-state index is 0.00438. The lowest BCUT2D eigenvalue weighted by Crippen LogP contribution is -2.51. The Morgan fingerprint density at radius 2 is 1.62 bits per heavy atom. The number of Topliss-reactive ketones (excluding diaryl/α,β-unsaturated/α-hetero) is 1. The molecule has 1 aliphatic heterocycles. The monoisotopic (exact) mass is 350 g/mol. The van der Waals surface area contributed by atoms with E-state index in [0.717, 1.165) is 31.2 Å². The van der Waals surface area contributed by atoms with E-state index in [1.54, 1.807) is 12.1 Å². The number of nitroso groups, excluding NO2 is 1. The molecule has 0 bridgehead atoms. The normalized spacial score (nSPS) is 23.0. The average Bonchev–Trinajstić information content (AvgIpc) is 2.71. The molecule has 0 spiro atoms. The summed E-state index contributed by atoms with van der Waals surface area (Å²) in [5, 5.41) is 4.80. The molecular weight excluding hydrogens is 328 g/mol. The van der Waals surface area contributed by atoms with Gasteiger partial charge in [0.2, 0.25) is 0 Å². The van der Waals surface area contributed by atoms with Gasteiger partial charge in [-0.15, -0.1) is 4.91 Å². The predicted octanol–water partition coefficient (Wildman–Crippen LogP) is 4.69. The van der Waals surface area contributed by atoms with Crippen LogP contribution in [0.1, 0.15) is 54.1 Å².